The topological polar surface area (TPSA) is 96.3 Å². The molecule has 124 valence electrons. The van der Waals surface area contributed by atoms with Crippen molar-refractivity contribution in [2.24, 2.45) is 0 Å². The number of amides is 1. The second-order valence-electron chi connectivity index (χ2n) is 4.73. The molecule has 0 aliphatic carbocycles. The van der Waals surface area contributed by atoms with Gasteiger partial charge in [0, 0.05) is 17.8 Å². The van der Waals surface area contributed by atoms with Gasteiger partial charge in [0.2, 0.25) is 5.91 Å². The number of anilines is 1. The molecule has 2 aromatic rings. The molecule has 0 aliphatic rings. The molecule has 7 nitrogen and oxygen atoms in total. The molecule has 0 aromatic heterocycles. The molecule has 0 fully saturated rings. The maximum Gasteiger partial charge on any atom is 0.269 e. The van der Waals surface area contributed by atoms with E-state index in [1.54, 1.807) is 0 Å². The fraction of sp³-hybridized carbons (Fsp3) is 0.0667. The van der Waals surface area contributed by atoms with Crippen LogP contribution in [0.15, 0.2) is 48.5 Å². The molecule has 0 radical (unpaired) electrons. The number of thiocarbonyl (C=S) groups is 1. The van der Waals surface area contributed by atoms with Crippen LogP contribution in [0, 0.1) is 15.9 Å². The van der Waals surface area contributed by atoms with Crippen LogP contribution in [0.3, 0.4) is 0 Å². The number of halogens is 1. The van der Waals surface area contributed by atoms with E-state index in [9.17, 15) is 19.3 Å². The van der Waals surface area contributed by atoms with E-state index in [-0.39, 0.29) is 28.9 Å². The number of benzene rings is 2. The minimum absolute atomic E-state index is 0.0352. The maximum absolute atomic E-state index is 12.8. The molecule has 0 spiro atoms. The highest BCUT2D eigenvalue weighted by molar-refractivity contribution is 7.80. The first kappa shape index (κ1) is 17.3. The normalized spacial score (nSPS) is 9.88. The van der Waals surface area contributed by atoms with Crippen molar-refractivity contribution in [1.82, 2.24) is 10.9 Å². The van der Waals surface area contributed by atoms with Crippen molar-refractivity contribution in [2.45, 2.75) is 6.42 Å². The van der Waals surface area contributed by atoms with Crippen molar-refractivity contribution in [2.75, 3.05) is 5.32 Å². The minimum Gasteiger partial charge on any atom is -0.331 e. The number of nitrogens with zero attached hydrogens (tertiary/aromatic N) is 1. The van der Waals surface area contributed by atoms with Gasteiger partial charge in [-0.1, -0.05) is 12.1 Å². The smallest absolute Gasteiger partial charge is 0.269 e. The molecular weight excluding hydrogens is 335 g/mol. The van der Waals surface area contributed by atoms with Crippen molar-refractivity contribution in [1.29, 1.82) is 0 Å². The summed E-state index contributed by atoms with van der Waals surface area (Å²) in [6.07, 6.45) is 0.0629. The summed E-state index contributed by atoms with van der Waals surface area (Å²) in [6.45, 7) is 0. The number of non-ortho nitro benzene ring substituents is 1. The molecule has 1 amide bonds. The molecule has 0 unspecified atom stereocenters. The average molecular weight is 348 g/mol. The summed E-state index contributed by atoms with van der Waals surface area (Å²) in [6, 6.07) is 11.2. The van der Waals surface area contributed by atoms with Crippen LogP contribution in [0.2, 0.25) is 0 Å². The summed E-state index contributed by atoms with van der Waals surface area (Å²) in [5.41, 5.74) is 6.07. The molecule has 0 heterocycles. The Balaban J connectivity index is 1.78. The van der Waals surface area contributed by atoms with E-state index in [4.69, 9.17) is 12.2 Å². The minimum atomic E-state index is -0.504. The van der Waals surface area contributed by atoms with Crippen molar-refractivity contribution < 1.29 is 14.1 Å². The van der Waals surface area contributed by atoms with Crippen LogP contribution in [0.1, 0.15) is 5.56 Å². The highest BCUT2D eigenvalue weighted by Crippen LogP contribution is 2.15. The highest BCUT2D eigenvalue weighted by atomic mass is 32.1. The largest absolute Gasteiger partial charge is 0.331 e. The van der Waals surface area contributed by atoms with Crippen LogP contribution in [0.25, 0.3) is 0 Å². The number of hydrogen-bond donors (Lipinski definition) is 3. The molecule has 0 saturated heterocycles. The van der Waals surface area contributed by atoms with E-state index in [2.05, 4.69) is 16.2 Å². The zero-order chi connectivity index (χ0) is 17.5. The summed E-state index contributed by atoms with van der Waals surface area (Å²) in [4.78, 5) is 21.8. The Kier molecular flexibility index (Phi) is 5.74. The lowest BCUT2D eigenvalue weighted by Gasteiger charge is -2.11. The van der Waals surface area contributed by atoms with E-state index in [0.717, 1.165) is 0 Å². The van der Waals surface area contributed by atoms with Gasteiger partial charge in [-0.05, 0) is 42.0 Å². The molecule has 0 bridgehead atoms. The Hall–Kier alpha value is -3.07. The van der Waals surface area contributed by atoms with Crippen LogP contribution >= 0.6 is 12.2 Å². The van der Waals surface area contributed by atoms with E-state index in [0.29, 0.717) is 11.3 Å². The van der Waals surface area contributed by atoms with Gasteiger partial charge in [-0.25, -0.2) is 4.39 Å². The summed E-state index contributed by atoms with van der Waals surface area (Å²) in [7, 11) is 0. The molecule has 24 heavy (non-hydrogen) atoms. The number of hydrogen-bond acceptors (Lipinski definition) is 4. The fourth-order valence-corrected chi connectivity index (χ4v) is 1.96. The Bertz CT molecular complexity index is 750. The standard InChI is InChI=1S/C15H13FN4O3S/c16-11-3-1-10(2-4-11)9-14(21)18-19-15(24)17-12-5-7-13(8-6-12)20(22)23/h1-8H,9H2,(H,18,21)(H2,17,19,24). The third-order valence-corrected chi connectivity index (χ3v) is 3.13. The number of nitrogens with one attached hydrogen (secondary N) is 3. The molecule has 0 atom stereocenters. The molecule has 0 saturated carbocycles. The summed E-state index contributed by atoms with van der Waals surface area (Å²) in [5.74, 6) is -0.722. The molecule has 9 heteroatoms. The third-order valence-electron chi connectivity index (χ3n) is 2.93. The number of nitro benzene ring substituents is 1. The molecule has 3 N–H and O–H groups in total. The number of nitro groups is 1. The Morgan fingerprint density at radius 3 is 2.29 bits per heavy atom. The second kappa shape index (κ2) is 7.97. The quantitative estimate of drug-likeness (QED) is 0.446. The van der Waals surface area contributed by atoms with Crippen LogP contribution in [0.5, 0.6) is 0 Å². The van der Waals surface area contributed by atoms with Gasteiger partial charge in [-0.15, -0.1) is 0 Å². The van der Waals surface area contributed by atoms with Gasteiger partial charge in [-0.2, -0.15) is 0 Å². The number of rotatable bonds is 4. The van der Waals surface area contributed by atoms with Crippen molar-refractivity contribution in [3.8, 4) is 0 Å². The monoisotopic (exact) mass is 348 g/mol. The summed E-state index contributed by atoms with van der Waals surface area (Å²) >= 11 is 5.00. The number of carbonyl (C=O) groups is 1. The summed E-state index contributed by atoms with van der Waals surface area (Å²) in [5, 5.41) is 13.4. The van der Waals surface area contributed by atoms with E-state index in [1.807, 2.05) is 0 Å². The van der Waals surface area contributed by atoms with Crippen LogP contribution in [-0.4, -0.2) is 15.9 Å². The van der Waals surface area contributed by atoms with Gasteiger partial charge in [0.25, 0.3) is 5.69 Å². The molecular formula is C15H13FN4O3S. The Labute approximate surface area is 142 Å². The second-order valence-corrected chi connectivity index (χ2v) is 5.14. The zero-order valence-electron chi connectivity index (χ0n) is 12.3. The Morgan fingerprint density at radius 1 is 1.08 bits per heavy atom. The van der Waals surface area contributed by atoms with E-state index >= 15 is 0 Å². The predicted octanol–water partition coefficient (Wildman–Crippen LogP) is 2.29. The van der Waals surface area contributed by atoms with Gasteiger partial charge in [0.1, 0.15) is 5.82 Å². The lowest BCUT2D eigenvalue weighted by atomic mass is 10.1. The Morgan fingerprint density at radius 2 is 1.71 bits per heavy atom. The fourth-order valence-electron chi connectivity index (χ4n) is 1.79. The van der Waals surface area contributed by atoms with Gasteiger partial charge in [0.05, 0.1) is 11.3 Å². The lowest BCUT2D eigenvalue weighted by molar-refractivity contribution is -0.384. The lowest BCUT2D eigenvalue weighted by Crippen LogP contribution is -2.44. The summed E-state index contributed by atoms with van der Waals surface area (Å²) < 4.78 is 12.8. The van der Waals surface area contributed by atoms with Gasteiger partial charge < -0.3 is 5.32 Å². The van der Waals surface area contributed by atoms with Gasteiger partial charge >= 0.3 is 0 Å². The number of hydrazine groups is 1. The van der Waals surface area contributed by atoms with Crippen molar-refractivity contribution in [3.05, 3.63) is 70.0 Å². The van der Waals surface area contributed by atoms with Gasteiger partial charge in [-0.3, -0.25) is 25.8 Å². The van der Waals surface area contributed by atoms with Crippen LogP contribution in [0.4, 0.5) is 15.8 Å². The maximum atomic E-state index is 12.8. The van der Waals surface area contributed by atoms with Gasteiger partial charge in [0.15, 0.2) is 5.11 Å². The first-order chi connectivity index (χ1) is 11.4. The first-order valence-electron chi connectivity index (χ1n) is 6.79. The molecule has 2 aromatic carbocycles. The van der Waals surface area contributed by atoms with Crippen LogP contribution < -0.4 is 16.2 Å². The van der Waals surface area contributed by atoms with Crippen molar-refractivity contribution >= 4 is 34.6 Å². The molecule has 2 rings (SSSR count). The third kappa shape index (κ3) is 5.29. The number of carbonyl (C=O) groups excluding carboxylic acids is 1. The average Bonchev–Trinajstić information content (AvgIpc) is 2.55. The SMILES string of the molecule is O=C(Cc1ccc(F)cc1)NNC(=S)Nc1ccc([N+](=O)[O-])cc1. The van der Waals surface area contributed by atoms with Crippen molar-refractivity contribution in [3.63, 3.8) is 0 Å². The zero-order valence-corrected chi connectivity index (χ0v) is 13.1. The van der Waals surface area contributed by atoms with E-state index in [1.165, 1.54) is 48.5 Å². The van der Waals surface area contributed by atoms with E-state index < -0.39 is 4.92 Å². The molecule has 0 aliphatic heterocycles. The first-order valence-corrected chi connectivity index (χ1v) is 7.19. The predicted molar refractivity (Wildman–Crippen MR) is 90.7 cm³/mol. The highest BCUT2D eigenvalue weighted by Gasteiger charge is 2.06. The van der Waals surface area contributed by atoms with Crippen LogP contribution in [-0.2, 0) is 11.2 Å².